The normalized spacial score (nSPS) is 15.2. The Morgan fingerprint density at radius 2 is 1.88 bits per heavy atom. The fraction of sp³-hybridized carbons (Fsp3) is 0.316. The number of amides is 1. The highest BCUT2D eigenvalue weighted by molar-refractivity contribution is 5.95. The number of aliphatic hydroxyl groups is 1. The molecule has 0 aromatic heterocycles. The highest BCUT2D eigenvalue weighted by Gasteiger charge is 2.20. The molecule has 0 unspecified atom stereocenters. The standard InChI is InChI=1S/C19H20F2N2O2/c20-14-5-6-16(21)13(11-14)12-19(25)22-17-3-1-2-4-18(17)23-9-7-15(24)8-10-23/h1-6,11,15,24H,7-10,12H2,(H,22,25). The van der Waals surface area contributed by atoms with Gasteiger partial charge in [0.25, 0.3) is 0 Å². The summed E-state index contributed by atoms with van der Waals surface area (Å²) in [5.41, 5.74) is 1.51. The van der Waals surface area contributed by atoms with Crippen LogP contribution in [0.3, 0.4) is 0 Å². The summed E-state index contributed by atoms with van der Waals surface area (Å²) < 4.78 is 26.9. The van der Waals surface area contributed by atoms with Gasteiger partial charge in [0.2, 0.25) is 5.91 Å². The zero-order chi connectivity index (χ0) is 17.8. The second-order valence-electron chi connectivity index (χ2n) is 6.20. The fourth-order valence-electron chi connectivity index (χ4n) is 3.01. The van der Waals surface area contributed by atoms with Crippen LogP contribution in [0.5, 0.6) is 0 Å². The molecule has 0 aliphatic carbocycles. The van der Waals surface area contributed by atoms with Gasteiger partial charge < -0.3 is 15.3 Å². The van der Waals surface area contributed by atoms with Gasteiger partial charge in [-0.1, -0.05) is 12.1 Å². The van der Waals surface area contributed by atoms with Gasteiger partial charge in [0, 0.05) is 18.7 Å². The predicted octanol–water partition coefficient (Wildman–Crippen LogP) is 3.11. The Kier molecular flexibility index (Phi) is 5.28. The van der Waals surface area contributed by atoms with Crippen LogP contribution in [0.2, 0.25) is 0 Å². The second kappa shape index (κ2) is 7.61. The summed E-state index contributed by atoms with van der Waals surface area (Å²) in [5, 5.41) is 12.4. The summed E-state index contributed by atoms with van der Waals surface area (Å²) in [5.74, 6) is -1.58. The number of benzene rings is 2. The zero-order valence-electron chi connectivity index (χ0n) is 13.7. The van der Waals surface area contributed by atoms with Crippen molar-refractivity contribution >= 4 is 17.3 Å². The molecule has 3 rings (SSSR count). The molecule has 1 aliphatic heterocycles. The van der Waals surface area contributed by atoms with E-state index in [4.69, 9.17) is 0 Å². The monoisotopic (exact) mass is 346 g/mol. The molecule has 132 valence electrons. The number of anilines is 2. The molecule has 1 saturated heterocycles. The minimum Gasteiger partial charge on any atom is -0.393 e. The lowest BCUT2D eigenvalue weighted by Crippen LogP contribution is -2.36. The SMILES string of the molecule is O=C(Cc1cc(F)ccc1F)Nc1ccccc1N1CCC(O)CC1. The van der Waals surface area contributed by atoms with Crippen LogP contribution in [0.1, 0.15) is 18.4 Å². The van der Waals surface area contributed by atoms with E-state index in [1.54, 1.807) is 12.1 Å². The summed E-state index contributed by atoms with van der Waals surface area (Å²) in [4.78, 5) is 14.4. The van der Waals surface area contributed by atoms with Gasteiger partial charge in [-0.15, -0.1) is 0 Å². The molecule has 0 bridgehead atoms. The van der Waals surface area contributed by atoms with Crippen LogP contribution in [-0.2, 0) is 11.2 Å². The number of nitrogens with zero attached hydrogens (tertiary/aromatic N) is 1. The Bertz CT molecular complexity index is 759. The van der Waals surface area contributed by atoms with E-state index in [0.29, 0.717) is 31.6 Å². The smallest absolute Gasteiger partial charge is 0.228 e. The molecular formula is C19H20F2N2O2. The van der Waals surface area contributed by atoms with Crippen LogP contribution in [0.25, 0.3) is 0 Å². The quantitative estimate of drug-likeness (QED) is 0.894. The highest BCUT2D eigenvalue weighted by Crippen LogP contribution is 2.28. The maximum absolute atomic E-state index is 13.7. The van der Waals surface area contributed by atoms with Crippen LogP contribution in [0, 0.1) is 11.6 Å². The predicted molar refractivity (Wildman–Crippen MR) is 92.6 cm³/mol. The van der Waals surface area contributed by atoms with Gasteiger partial charge in [0.15, 0.2) is 0 Å². The Morgan fingerprint density at radius 1 is 1.16 bits per heavy atom. The number of nitrogens with one attached hydrogen (secondary N) is 1. The molecular weight excluding hydrogens is 326 g/mol. The van der Waals surface area contributed by atoms with Gasteiger partial charge in [-0.3, -0.25) is 4.79 Å². The largest absolute Gasteiger partial charge is 0.393 e. The molecule has 0 atom stereocenters. The number of carbonyl (C=O) groups is 1. The van der Waals surface area contributed by atoms with E-state index in [1.807, 2.05) is 12.1 Å². The topological polar surface area (TPSA) is 52.6 Å². The fourth-order valence-corrected chi connectivity index (χ4v) is 3.01. The average Bonchev–Trinajstić information content (AvgIpc) is 2.59. The molecule has 6 heteroatoms. The minimum atomic E-state index is -0.602. The van der Waals surface area contributed by atoms with Crippen molar-refractivity contribution in [1.82, 2.24) is 0 Å². The summed E-state index contributed by atoms with van der Waals surface area (Å²) in [6, 6.07) is 10.4. The van der Waals surface area contributed by atoms with E-state index >= 15 is 0 Å². The van der Waals surface area contributed by atoms with Gasteiger partial charge in [0.05, 0.1) is 23.9 Å². The van der Waals surface area contributed by atoms with E-state index in [-0.39, 0.29) is 18.1 Å². The van der Waals surface area contributed by atoms with Gasteiger partial charge in [0.1, 0.15) is 11.6 Å². The van der Waals surface area contributed by atoms with E-state index in [1.165, 1.54) is 0 Å². The van der Waals surface area contributed by atoms with E-state index in [2.05, 4.69) is 10.2 Å². The Hall–Kier alpha value is -2.47. The van der Waals surface area contributed by atoms with Crippen molar-refractivity contribution in [3.63, 3.8) is 0 Å². The van der Waals surface area contributed by atoms with Crippen molar-refractivity contribution in [3.05, 3.63) is 59.7 Å². The number of hydrogen-bond donors (Lipinski definition) is 2. The first-order valence-electron chi connectivity index (χ1n) is 8.29. The first-order valence-corrected chi connectivity index (χ1v) is 8.29. The highest BCUT2D eigenvalue weighted by atomic mass is 19.1. The molecule has 1 heterocycles. The number of halogens is 2. The maximum atomic E-state index is 13.7. The summed E-state index contributed by atoms with van der Waals surface area (Å²) in [6.45, 7) is 1.40. The van der Waals surface area contributed by atoms with Gasteiger partial charge in [-0.25, -0.2) is 8.78 Å². The van der Waals surface area contributed by atoms with Gasteiger partial charge >= 0.3 is 0 Å². The maximum Gasteiger partial charge on any atom is 0.228 e. The molecule has 0 saturated carbocycles. The van der Waals surface area contributed by atoms with Crippen molar-refractivity contribution in [2.24, 2.45) is 0 Å². The molecule has 1 fully saturated rings. The lowest BCUT2D eigenvalue weighted by Gasteiger charge is -2.32. The number of piperidine rings is 1. The molecule has 25 heavy (non-hydrogen) atoms. The summed E-state index contributed by atoms with van der Waals surface area (Å²) >= 11 is 0. The first-order chi connectivity index (χ1) is 12.0. The first kappa shape index (κ1) is 17.4. The molecule has 1 amide bonds. The van der Waals surface area contributed by atoms with Gasteiger partial charge in [-0.2, -0.15) is 0 Å². The van der Waals surface area contributed by atoms with Crippen molar-refractivity contribution in [2.45, 2.75) is 25.4 Å². The molecule has 4 nitrogen and oxygen atoms in total. The molecule has 2 aromatic rings. The third-order valence-electron chi connectivity index (χ3n) is 4.34. The second-order valence-corrected chi connectivity index (χ2v) is 6.20. The third-order valence-corrected chi connectivity index (χ3v) is 4.34. The zero-order valence-corrected chi connectivity index (χ0v) is 13.7. The Morgan fingerprint density at radius 3 is 2.64 bits per heavy atom. The summed E-state index contributed by atoms with van der Waals surface area (Å²) in [7, 11) is 0. The van der Waals surface area contributed by atoms with Crippen LogP contribution in [0.15, 0.2) is 42.5 Å². The number of carbonyl (C=O) groups excluding carboxylic acids is 1. The van der Waals surface area contributed by atoms with Crippen molar-refractivity contribution in [1.29, 1.82) is 0 Å². The third kappa shape index (κ3) is 4.33. The van der Waals surface area contributed by atoms with Crippen molar-refractivity contribution in [3.8, 4) is 0 Å². The number of rotatable bonds is 4. The number of para-hydroxylation sites is 2. The van der Waals surface area contributed by atoms with E-state index in [0.717, 1.165) is 23.9 Å². The van der Waals surface area contributed by atoms with Gasteiger partial charge in [-0.05, 0) is 43.2 Å². The molecule has 0 radical (unpaired) electrons. The minimum absolute atomic E-state index is 0.0241. The lowest BCUT2D eigenvalue weighted by atomic mass is 10.1. The van der Waals surface area contributed by atoms with Crippen molar-refractivity contribution in [2.75, 3.05) is 23.3 Å². The van der Waals surface area contributed by atoms with E-state index in [9.17, 15) is 18.7 Å². The molecule has 2 N–H and O–H groups in total. The van der Waals surface area contributed by atoms with Crippen LogP contribution < -0.4 is 10.2 Å². The van der Waals surface area contributed by atoms with Crippen LogP contribution in [-0.4, -0.2) is 30.2 Å². The average molecular weight is 346 g/mol. The van der Waals surface area contributed by atoms with Crippen LogP contribution in [0.4, 0.5) is 20.2 Å². The molecule has 2 aromatic carbocycles. The summed E-state index contributed by atoms with van der Waals surface area (Å²) in [6.07, 6.45) is 0.832. The number of aliphatic hydroxyl groups excluding tert-OH is 1. The molecule has 1 aliphatic rings. The van der Waals surface area contributed by atoms with Crippen LogP contribution >= 0.6 is 0 Å². The lowest BCUT2D eigenvalue weighted by molar-refractivity contribution is -0.115. The molecule has 0 spiro atoms. The van der Waals surface area contributed by atoms with E-state index < -0.39 is 17.5 Å². The number of hydrogen-bond acceptors (Lipinski definition) is 3. The van der Waals surface area contributed by atoms with Crippen molar-refractivity contribution < 1.29 is 18.7 Å². The Balaban J connectivity index is 1.72. The Labute approximate surface area is 145 Å².